The van der Waals surface area contributed by atoms with Crippen LogP contribution >= 0.6 is 0 Å². The van der Waals surface area contributed by atoms with E-state index in [0.717, 1.165) is 47.6 Å². The SMILES string of the molecule is Cc1ccc(O[C@@H]2CCN(c3ccc(-c4ccccc4)cc3OCCO)C2)nc1. The third-order valence-electron chi connectivity index (χ3n) is 5.07. The van der Waals surface area contributed by atoms with Gasteiger partial charge in [-0.25, -0.2) is 4.98 Å². The molecule has 5 heteroatoms. The lowest BCUT2D eigenvalue weighted by Gasteiger charge is -2.23. The molecule has 0 aliphatic carbocycles. The fourth-order valence-electron chi connectivity index (χ4n) is 3.59. The van der Waals surface area contributed by atoms with Crippen LogP contribution in [0.4, 0.5) is 5.69 Å². The van der Waals surface area contributed by atoms with Crippen LogP contribution in [0.25, 0.3) is 11.1 Å². The average molecular weight is 390 g/mol. The second-order valence-corrected chi connectivity index (χ2v) is 7.27. The zero-order valence-electron chi connectivity index (χ0n) is 16.6. The van der Waals surface area contributed by atoms with E-state index < -0.39 is 0 Å². The minimum absolute atomic E-state index is 0.0141. The van der Waals surface area contributed by atoms with E-state index in [-0.39, 0.29) is 19.3 Å². The summed E-state index contributed by atoms with van der Waals surface area (Å²) < 4.78 is 11.9. The van der Waals surface area contributed by atoms with E-state index in [1.807, 2.05) is 43.5 Å². The van der Waals surface area contributed by atoms with Gasteiger partial charge in [-0.15, -0.1) is 0 Å². The summed E-state index contributed by atoms with van der Waals surface area (Å²) in [4.78, 5) is 6.63. The number of aromatic nitrogens is 1. The highest BCUT2D eigenvalue weighted by molar-refractivity contribution is 5.71. The van der Waals surface area contributed by atoms with Gasteiger partial charge in [0.2, 0.25) is 5.88 Å². The summed E-state index contributed by atoms with van der Waals surface area (Å²) in [5, 5.41) is 9.23. The Labute approximate surface area is 171 Å². The third kappa shape index (κ3) is 4.69. The topological polar surface area (TPSA) is 54.8 Å². The molecule has 2 heterocycles. The van der Waals surface area contributed by atoms with Gasteiger partial charge >= 0.3 is 0 Å². The molecule has 0 bridgehead atoms. The normalized spacial score (nSPS) is 16.1. The molecule has 29 heavy (non-hydrogen) atoms. The maximum absolute atomic E-state index is 9.23. The Morgan fingerprint density at radius 1 is 1.07 bits per heavy atom. The molecule has 0 amide bonds. The van der Waals surface area contributed by atoms with Crippen molar-refractivity contribution in [2.24, 2.45) is 0 Å². The Balaban J connectivity index is 1.51. The van der Waals surface area contributed by atoms with Gasteiger partial charge in [-0.05, 0) is 35.7 Å². The zero-order valence-corrected chi connectivity index (χ0v) is 16.6. The molecule has 4 rings (SSSR count). The quantitative estimate of drug-likeness (QED) is 0.659. The Morgan fingerprint density at radius 3 is 2.69 bits per heavy atom. The summed E-state index contributed by atoms with van der Waals surface area (Å²) in [5.74, 6) is 1.45. The van der Waals surface area contributed by atoms with Crippen molar-refractivity contribution in [2.45, 2.75) is 19.4 Å². The number of aliphatic hydroxyl groups is 1. The van der Waals surface area contributed by atoms with Crippen LogP contribution in [0.2, 0.25) is 0 Å². The molecule has 1 atom stereocenters. The first kappa shape index (κ1) is 19.3. The summed E-state index contributed by atoms with van der Waals surface area (Å²) in [6.07, 6.45) is 2.84. The second-order valence-electron chi connectivity index (χ2n) is 7.27. The van der Waals surface area contributed by atoms with Gasteiger partial charge < -0.3 is 19.5 Å². The zero-order chi connectivity index (χ0) is 20.1. The highest BCUT2D eigenvalue weighted by Gasteiger charge is 2.26. The summed E-state index contributed by atoms with van der Waals surface area (Å²) in [7, 11) is 0. The number of ether oxygens (including phenoxy) is 2. The fraction of sp³-hybridized carbons (Fsp3) is 0.292. The van der Waals surface area contributed by atoms with Crippen molar-refractivity contribution in [3.63, 3.8) is 0 Å². The molecule has 1 aromatic heterocycles. The Bertz CT molecular complexity index is 929. The number of rotatable bonds is 7. The van der Waals surface area contributed by atoms with Crippen LogP contribution in [0.3, 0.4) is 0 Å². The molecule has 1 saturated heterocycles. The molecule has 1 aliphatic heterocycles. The van der Waals surface area contributed by atoms with Crippen LogP contribution < -0.4 is 14.4 Å². The molecule has 5 nitrogen and oxygen atoms in total. The van der Waals surface area contributed by atoms with Crippen molar-refractivity contribution in [2.75, 3.05) is 31.2 Å². The first-order valence-electron chi connectivity index (χ1n) is 10.0. The van der Waals surface area contributed by atoms with Crippen molar-refractivity contribution in [3.05, 3.63) is 72.4 Å². The highest BCUT2D eigenvalue weighted by atomic mass is 16.5. The van der Waals surface area contributed by atoms with Crippen LogP contribution in [-0.4, -0.2) is 42.5 Å². The largest absolute Gasteiger partial charge is 0.489 e. The number of hydrogen-bond donors (Lipinski definition) is 1. The number of nitrogens with zero attached hydrogens (tertiary/aromatic N) is 2. The summed E-state index contributed by atoms with van der Waals surface area (Å²) in [6.45, 7) is 3.93. The van der Waals surface area contributed by atoms with Gasteiger partial charge in [0.1, 0.15) is 18.5 Å². The molecule has 0 radical (unpaired) electrons. The second kappa shape index (κ2) is 8.97. The van der Waals surface area contributed by atoms with Gasteiger partial charge in [0.25, 0.3) is 0 Å². The fourth-order valence-corrected chi connectivity index (χ4v) is 3.59. The molecule has 150 valence electrons. The van der Waals surface area contributed by atoms with Crippen molar-refractivity contribution >= 4 is 5.69 Å². The average Bonchev–Trinajstić information content (AvgIpc) is 3.22. The van der Waals surface area contributed by atoms with E-state index >= 15 is 0 Å². The number of anilines is 1. The van der Waals surface area contributed by atoms with Crippen LogP contribution in [0.1, 0.15) is 12.0 Å². The smallest absolute Gasteiger partial charge is 0.213 e. The van der Waals surface area contributed by atoms with Gasteiger partial charge in [-0.1, -0.05) is 42.5 Å². The summed E-state index contributed by atoms with van der Waals surface area (Å²) in [6, 6.07) is 20.4. The summed E-state index contributed by atoms with van der Waals surface area (Å²) >= 11 is 0. The maximum Gasteiger partial charge on any atom is 0.213 e. The van der Waals surface area contributed by atoms with E-state index in [1.165, 1.54) is 0 Å². The molecule has 1 aliphatic rings. The lowest BCUT2D eigenvalue weighted by Crippen LogP contribution is -2.25. The lowest BCUT2D eigenvalue weighted by atomic mass is 10.0. The molecule has 1 fully saturated rings. The molecular weight excluding hydrogens is 364 g/mol. The van der Waals surface area contributed by atoms with Gasteiger partial charge in [0, 0.05) is 25.2 Å². The van der Waals surface area contributed by atoms with E-state index in [9.17, 15) is 5.11 Å². The standard InChI is InChI=1S/C24H26N2O3/c1-18-7-10-24(25-16-18)29-21-11-12-26(17-21)22-9-8-20(15-23(22)28-14-13-27)19-5-3-2-4-6-19/h2-10,15-16,21,27H,11-14,17H2,1H3/t21-/m1/s1. The Hall–Kier alpha value is -3.05. The first-order chi connectivity index (χ1) is 14.2. The highest BCUT2D eigenvalue weighted by Crippen LogP contribution is 2.35. The molecule has 2 aromatic carbocycles. The summed E-state index contributed by atoms with van der Waals surface area (Å²) in [5.41, 5.74) is 4.38. The van der Waals surface area contributed by atoms with Crippen molar-refractivity contribution in [3.8, 4) is 22.8 Å². The molecule has 0 spiro atoms. The first-order valence-corrected chi connectivity index (χ1v) is 10.0. The molecule has 1 N–H and O–H groups in total. The molecule has 0 saturated carbocycles. The van der Waals surface area contributed by atoms with Crippen LogP contribution in [0.15, 0.2) is 66.9 Å². The van der Waals surface area contributed by atoms with Crippen LogP contribution in [-0.2, 0) is 0 Å². The van der Waals surface area contributed by atoms with Crippen LogP contribution in [0.5, 0.6) is 11.6 Å². The number of aryl methyl sites for hydroxylation is 1. The molecule has 0 unspecified atom stereocenters. The predicted octanol–water partition coefficient (Wildman–Crippen LogP) is 4.09. The van der Waals surface area contributed by atoms with Gasteiger partial charge in [0.15, 0.2) is 0 Å². The van der Waals surface area contributed by atoms with Crippen molar-refractivity contribution < 1.29 is 14.6 Å². The Morgan fingerprint density at radius 2 is 1.93 bits per heavy atom. The van der Waals surface area contributed by atoms with Gasteiger partial charge in [-0.3, -0.25) is 0 Å². The van der Waals surface area contributed by atoms with Gasteiger partial charge in [-0.2, -0.15) is 0 Å². The minimum Gasteiger partial charge on any atom is -0.489 e. The van der Waals surface area contributed by atoms with Gasteiger partial charge in [0.05, 0.1) is 18.8 Å². The number of aliphatic hydroxyl groups excluding tert-OH is 1. The number of hydrogen-bond acceptors (Lipinski definition) is 5. The monoisotopic (exact) mass is 390 g/mol. The van der Waals surface area contributed by atoms with E-state index in [1.54, 1.807) is 0 Å². The Kier molecular flexibility index (Phi) is 5.96. The lowest BCUT2D eigenvalue weighted by molar-refractivity contribution is 0.201. The third-order valence-corrected chi connectivity index (χ3v) is 5.07. The number of benzene rings is 2. The maximum atomic E-state index is 9.23. The minimum atomic E-state index is -0.0141. The molecule has 3 aromatic rings. The predicted molar refractivity (Wildman–Crippen MR) is 115 cm³/mol. The van der Waals surface area contributed by atoms with E-state index in [4.69, 9.17) is 9.47 Å². The van der Waals surface area contributed by atoms with Crippen LogP contribution in [0, 0.1) is 6.92 Å². The van der Waals surface area contributed by atoms with E-state index in [2.05, 4.69) is 40.2 Å². The van der Waals surface area contributed by atoms with E-state index in [0.29, 0.717) is 5.88 Å². The molecular formula is C24H26N2O3. The number of pyridine rings is 1. The van der Waals surface area contributed by atoms with Crippen molar-refractivity contribution in [1.82, 2.24) is 4.98 Å². The van der Waals surface area contributed by atoms with Crippen molar-refractivity contribution in [1.29, 1.82) is 0 Å².